The Kier molecular flexibility index (Phi) is 2.66. The van der Waals surface area contributed by atoms with Gasteiger partial charge in [0, 0.05) is 21.3 Å². The lowest BCUT2D eigenvalue weighted by Gasteiger charge is -2.05. The van der Waals surface area contributed by atoms with Crippen molar-refractivity contribution in [2.45, 2.75) is 19.8 Å². The molecule has 1 aromatic rings. The van der Waals surface area contributed by atoms with E-state index in [0.29, 0.717) is 5.69 Å². The first-order valence-electron chi connectivity index (χ1n) is 4.26. The molecule has 3 heteroatoms. The summed E-state index contributed by atoms with van der Waals surface area (Å²) in [5, 5.41) is 9.25. The second-order valence-electron chi connectivity index (χ2n) is 3.40. The van der Waals surface area contributed by atoms with E-state index in [-0.39, 0.29) is 11.7 Å². The zero-order valence-corrected chi connectivity index (χ0v) is 8.11. The van der Waals surface area contributed by atoms with Gasteiger partial charge in [-0.05, 0) is 18.1 Å². The van der Waals surface area contributed by atoms with Crippen LogP contribution in [0.15, 0.2) is 18.2 Å². The summed E-state index contributed by atoms with van der Waals surface area (Å²) < 4.78 is 0.814. The molecule has 0 unspecified atom stereocenters. The zero-order valence-electron chi connectivity index (χ0n) is 8.11. The van der Waals surface area contributed by atoms with Crippen molar-refractivity contribution in [1.29, 1.82) is 0 Å². The molecule has 0 atom stereocenters. The number of phenolic OH excluding ortho intramolecular Hbond substituents is 1. The second-order valence-corrected chi connectivity index (χ2v) is 3.40. The van der Waals surface area contributed by atoms with E-state index in [0.717, 1.165) is 10.3 Å². The summed E-state index contributed by atoms with van der Waals surface area (Å²) in [5.74, 6) is 0.438. The van der Waals surface area contributed by atoms with Gasteiger partial charge in [0.1, 0.15) is 5.75 Å². The standard InChI is InChI=1S/C10H13NO2/c1-7(2)9-6-8(12)4-5-10(9)11(3)13/h4-7H,1-3H3/p+1. The van der Waals surface area contributed by atoms with Crippen LogP contribution < -0.4 is 0 Å². The van der Waals surface area contributed by atoms with Gasteiger partial charge in [-0.2, -0.15) is 0 Å². The fourth-order valence-corrected chi connectivity index (χ4v) is 1.29. The quantitative estimate of drug-likeness (QED) is 0.710. The molecule has 0 fully saturated rings. The highest BCUT2D eigenvalue weighted by molar-refractivity contribution is 5.46. The SMILES string of the molecule is CC(C)c1cc(O)ccc1[N+](C)=O. The van der Waals surface area contributed by atoms with Gasteiger partial charge in [0.05, 0.1) is 0 Å². The number of benzene rings is 1. The zero-order chi connectivity index (χ0) is 10.0. The predicted molar refractivity (Wildman–Crippen MR) is 51.4 cm³/mol. The number of rotatable bonds is 2. The van der Waals surface area contributed by atoms with Crippen molar-refractivity contribution >= 4 is 5.69 Å². The molecular formula is C10H14NO2+. The normalized spacial score (nSPS) is 10.5. The molecule has 0 radical (unpaired) electrons. The van der Waals surface area contributed by atoms with E-state index in [1.54, 1.807) is 12.1 Å². The molecule has 13 heavy (non-hydrogen) atoms. The lowest BCUT2D eigenvalue weighted by Crippen LogP contribution is -1.98. The molecule has 0 amide bonds. The Hall–Kier alpha value is -1.38. The molecule has 3 nitrogen and oxygen atoms in total. The minimum Gasteiger partial charge on any atom is -0.508 e. The Bertz CT molecular complexity index is 332. The van der Waals surface area contributed by atoms with E-state index >= 15 is 0 Å². The summed E-state index contributed by atoms with van der Waals surface area (Å²) >= 11 is 0. The van der Waals surface area contributed by atoms with Gasteiger partial charge >= 0.3 is 0 Å². The fraction of sp³-hybridized carbons (Fsp3) is 0.400. The highest BCUT2D eigenvalue weighted by atomic mass is 16.3. The summed E-state index contributed by atoms with van der Waals surface area (Å²) in [6.07, 6.45) is 0. The Morgan fingerprint density at radius 3 is 2.46 bits per heavy atom. The van der Waals surface area contributed by atoms with Crippen molar-refractivity contribution < 1.29 is 9.87 Å². The van der Waals surface area contributed by atoms with Crippen LogP contribution in [0.3, 0.4) is 0 Å². The molecule has 1 rings (SSSR count). The molecule has 70 valence electrons. The average molecular weight is 180 g/mol. The molecule has 0 saturated heterocycles. The van der Waals surface area contributed by atoms with Crippen LogP contribution in [-0.4, -0.2) is 16.9 Å². The maximum atomic E-state index is 11.1. The third-order valence-corrected chi connectivity index (χ3v) is 1.97. The smallest absolute Gasteiger partial charge is 0.259 e. The molecule has 0 aliphatic carbocycles. The Morgan fingerprint density at radius 1 is 1.38 bits per heavy atom. The number of hydrogen-bond acceptors (Lipinski definition) is 2. The van der Waals surface area contributed by atoms with E-state index in [9.17, 15) is 10.0 Å². The van der Waals surface area contributed by atoms with Crippen molar-refractivity contribution in [3.63, 3.8) is 0 Å². The molecule has 0 aromatic heterocycles. The van der Waals surface area contributed by atoms with Crippen LogP contribution in [0.25, 0.3) is 0 Å². The van der Waals surface area contributed by atoms with Crippen molar-refractivity contribution in [2.24, 2.45) is 0 Å². The number of aromatic hydroxyl groups is 1. The maximum absolute atomic E-state index is 11.1. The van der Waals surface area contributed by atoms with Crippen LogP contribution in [0, 0.1) is 4.91 Å². The molecule has 1 N–H and O–H groups in total. The van der Waals surface area contributed by atoms with Crippen molar-refractivity contribution in [3.05, 3.63) is 28.7 Å². The summed E-state index contributed by atoms with van der Waals surface area (Å²) in [6.45, 7) is 3.98. The topological polar surface area (TPSA) is 40.3 Å². The summed E-state index contributed by atoms with van der Waals surface area (Å²) in [4.78, 5) is 11.1. The Morgan fingerprint density at radius 2 is 2.00 bits per heavy atom. The van der Waals surface area contributed by atoms with Gasteiger partial charge in [0.2, 0.25) is 0 Å². The highest BCUT2D eigenvalue weighted by Gasteiger charge is 2.16. The van der Waals surface area contributed by atoms with Crippen molar-refractivity contribution in [1.82, 2.24) is 0 Å². The molecule has 0 heterocycles. The first kappa shape index (κ1) is 9.71. The minimum atomic E-state index is 0.203. The molecule has 0 bridgehead atoms. The van der Waals surface area contributed by atoms with E-state index in [4.69, 9.17) is 0 Å². The lowest BCUT2D eigenvalue weighted by molar-refractivity contribution is -0.429. The van der Waals surface area contributed by atoms with Gasteiger partial charge in [0.25, 0.3) is 5.69 Å². The van der Waals surface area contributed by atoms with E-state index < -0.39 is 0 Å². The van der Waals surface area contributed by atoms with Crippen LogP contribution in [0.1, 0.15) is 25.3 Å². The van der Waals surface area contributed by atoms with Gasteiger partial charge in [-0.15, -0.1) is 0 Å². The first-order valence-corrected chi connectivity index (χ1v) is 4.26. The third kappa shape index (κ3) is 2.05. The largest absolute Gasteiger partial charge is 0.508 e. The monoisotopic (exact) mass is 180 g/mol. The summed E-state index contributed by atoms with van der Waals surface area (Å²) in [6, 6.07) is 4.79. The number of hydrogen-bond donors (Lipinski definition) is 1. The van der Waals surface area contributed by atoms with Crippen LogP contribution >= 0.6 is 0 Å². The number of nitrogens with zero attached hydrogens (tertiary/aromatic N) is 1. The van der Waals surface area contributed by atoms with E-state index in [2.05, 4.69) is 0 Å². The summed E-state index contributed by atoms with van der Waals surface area (Å²) in [7, 11) is 1.46. The van der Waals surface area contributed by atoms with Gasteiger partial charge in [-0.3, -0.25) is 0 Å². The number of phenols is 1. The van der Waals surface area contributed by atoms with Crippen molar-refractivity contribution in [2.75, 3.05) is 7.05 Å². The van der Waals surface area contributed by atoms with Crippen LogP contribution in [0.5, 0.6) is 5.75 Å². The highest BCUT2D eigenvalue weighted by Crippen LogP contribution is 2.28. The number of nitroso groups, excluding NO2 is 1. The third-order valence-electron chi connectivity index (χ3n) is 1.97. The van der Waals surface area contributed by atoms with Gasteiger partial charge in [-0.25, -0.2) is 0 Å². The van der Waals surface area contributed by atoms with Gasteiger partial charge in [-0.1, -0.05) is 13.8 Å². The van der Waals surface area contributed by atoms with E-state index in [1.165, 1.54) is 13.1 Å². The Labute approximate surface area is 77.6 Å². The molecule has 0 aliphatic rings. The van der Waals surface area contributed by atoms with E-state index in [1.807, 2.05) is 13.8 Å². The van der Waals surface area contributed by atoms with Crippen LogP contribution in [0.2, 0.25) is 0 Å². The Balaban J connectivity index is 3.26. The maximum Gasteiger partial charge on any atom is 0.259 e. The molecule has 1 aromatic carbocycles. The predicted octanol–water partition coefficient (Wildman–Crippen LogP) is 2.56. The fourth-order valence-electron chi connectivity index (χ4n) is 1.29. The first-order chi connectivity index (χ1) is 6.02. The molecule has 0 saturated carbocycles. The summed E-state index contributed by atoms with van der Waals surface area (Å²) in [5.41, 5.74) is 1.49. The second kappa shape index (κ2) is 3.56. The molecule has 0 aliphatic heterocycles. The van der Waals surface area contributed by atoms with Gasteiger partial charge < -0.3 is 5.11 Å². The molecule has 0 spiro atoms. The molecular weight excluding hydrogens is 166 g/mol. The van der Waals surface area contributed by atoms with Gasteiger partial charge in [0.15, 0.2) is 7.05 Å². The van der Waals surface area contributed by atoms with Crippen LogP contribution in [0.4, 0.5) is 5.69 Å². The lowest BCUT2D eigenvalue weighted by atomic mass is 10.0. The van der Waals surface area contributed by atoms with Crippen LogP contribution in [-0.2, 0) is 0 Å². The van der Waals surface area contributed by atoms with Crippen molar-refractivity contribution in [3.8, 4) is 5.75 Å². The average Bonchev–Trinajstić information content (AvgIpc) is 2.03. The minimum absolute atomic E-state index is 0.203.